The lowest BCUT2D eigenvalue weighted by Crippen LogP contribution is -2.62. The Morgan fingerprint density at radius 1 is 0.958 bits per heavy atom. The average Bonchev–Trinajstić information content (AvgIpc) is 2.98. The molecule has 132 valence electrons. The van der Waals surface area contributed by atoms with Gasteiger partial charge in [-0.3, -0.25) is 4.79 Å². The van der Waals surface area contributed by atoms with Crippen molar-refractivity contribution < 1.29 is 19.1 Å². The number of carbonyl (C=O) groups is 2. The Morgan fingerprint density at radius 2 is 1.50 bits per heavy atom. The molecule has 0 radical (unpaired) electrons. The van der Waals surface area contributed by atoms with Crippen LogP contribution in [0, 0.1) is 17.8 Å². The molecule has 0 aromatic heterocycles. The van der Waals surface area contributed by atoms with Gasteiger partial charge in [0.2, 0.25) is 0 Å². The molecule has 0 aliphatic heterocycles. The van der Waals surface area contributed by atoms with E-state index in [0.717, 1.165) is 51.4 Å². The van der Waals surface area contributed by atoms with Crippen LogP contribution in [-0.4, -0.2) is 23.1 Å². The van der Waals surface area contributed by atoms with E-state index in [1.165, 1.54) is 6.42 Å². The number of carbonyl (C=O) groups excluding carboxylic acids is 2. The number of hydrogen-bond donors (Lipinski definition) is 0. The van der Waals surface area contributed by atoms with Crippen LogP contribution in [0.3, 0.4) is 0 Å². The van der Waals surface area contributed by atoms with E-state index in [1.807, 2.05) is 0 Å². The predicted molar refractivity (Wildman–Crippen MR) is 89.1 cm³/mol. The molecule has 24 heavy (non-hydrogen) atoms. The smallest absolute Gasteiger partial charge is 0.333 e. The Kier molecular flexibility index (Phi) is 3.77. The van der Waals surface area contributed by atoms with E-state index in [1.54, 1.807) is 6.92 Å². The molecule has 0 amide bonds. The van der Waals surface area contributed by atoms with Crippen molar-refractivity contribution in [1.82, 2.24) is 0 Å². The summed E-state index contributed by atoms with van der Waals surface area (Å²) >= 11 is 0. The number of esters is 2. The van der Waals surface area contributed by atoms with E-state index in [-0.39, 0.29) is 23.5 Å². The summed E-state index contributed by atoms with van der Waals surface area (Å²) in [6.07, 6.45) is 9.84. The highest BCUT2D eigenvalue weighted by atomic mass is 16.6. The Morgan fingerprint density at radius 3 is 2.04 bits per heavy atom. The van der Waals surface area contributed by atoms with Gasteiger partial charge in [0.25, 0.3) is 0 Å². The van der Waals surface area contributed by atoms with Gasteiger partial charge in [0.15, 0.2) is 0 Å². The summed E-state index contributed by atoms with van der Waals surface area (Å²) in [5.74, 6) is 0.818. The van der Waals surface area contributed by atoms with Crippen LogP contribution in [0.1, 0.15) is 71.1 Å². The molecule has 4 nitrogen and oxygen atoms in total. The molecule has 5 fully saturated rings. The molecule has 0 N–H and O–H groups in total. The van der Waals surface area contributed by atoms with Gasteiger partial charge >= 0.3 is 11.9 Å². The molecular weight excluding hydrogens is 304 g/mol. The first kappa shape index (κ1) is 16.2. The van der Waals surface area contributed by atoms with Gasteiger partial charge < -0.3 is 9.47 Å². The molecule has 5 aliphatic carbocycles. The van der Waals surface area contributed by atoms with Crippen LogP contribution in [-0.2, 0) is 19.1 Å². The van der Waals surface area contributed by atoms with Gasteiger partial charge in [0.05, 0.1) is 5.92 Å². The molecule has 5 saturated carbocycles. The third-order valence-corrected chi connectivity index (χ3v) is 6.62. The van der Waals surface area contributed by atoms with Crippen LogP contribution in [0.15, 0.2) is 12.2 Å². The zero-order chi connectivity index (χ0) is 16.9. The molecule has 4 heteroatoms. The van der Waals surface area contributed by atoms with Crippen molar-refractivity contribution in [3.8, 4) is 0 Å². The molecule has 0 spiro atoms. The van der Waals surface area contributed by atoms with Gasteiger partial charge in [-0.1, -0.05) is 19.4 Å². The summed E-state index contributed by atoms with van der Waals surface area (Å²) in [5, 5.41) is 0. The summed E-state index contributed by atoms with van der Waals surface area (Å²) in [4.78, 5) is 24.8. The van der Waals surface area contributed by atoms with Crippen molar-refractivity contribution in [2.45, 2.75) is 82.3 Å². The average molecular weight is 332 g/mol. The lowest BCUT2D eigenvalue weighted by atomic mass is 9.52. The largest absolute Gasteiger partial charge is 0.459 e. The minimum absolute atomic E-state index is 0.00386. The molecule has 0 aromatic carbocycles. The molecule has 4 bridgehead atoms. The maximum atomic E-state index is 12.6. The van der Waals surface area contributed by atoms with Gasteiger partial charge in [-0.15, -0.1) is 0 Å². The quantitative estimate of drug-likeness (QED) is 0.578. The number of hydrogen-bond acceptors (Lipinski definition) is 4. The van der Waals surface area contributed by atoms with Gasteiger partial charge in [-0.05, 0) is 63.7 Å². The summed E-state index contributed by atoms with van der Waals surface area (Å²) in [6, 6.07) is 0. The topological polar surface area (TPSA) is 52.6 Å². The Hall–Kier alpha value is -1.32. The van der Waals surface area contributed by atoms with Crippen molar-refractivity contribution in [3.63, 3.8) is 0 Å². The van der Waals surface area contributed by atoms with Crippen LogP contribution < -0.4 is 0 Å². The molecule has 5 aliphatic rings. The van der Waals surface area contributed by atoms with Gasteiger partial charge in [0.1, 0.15) is 11.2 Å². The third kappa shape index (κ3) is 2.78. The maximum absolute atomic E-state index is 12.6. The van der Waals surface area contributed by atoms with Gasteiger partial charge in [-0.25, -0.2) is 4.79 Å². The molecule has 2 atom stereocenters. The lowest BCUT2D eigenvalue weighted by molar-refractivity contribution is -0.231. The van der Waals surface area contributed by atoms with Crippen LogP contribution in [0.5, 0.6) is 0 Å². The predicted octanol–water partition coefficient (Wildman–Crippen LogP) is 3.93. The number of ether oxygens (including phenoxy) is 2. The Balaban J connectivity index is 1.53. The Bertz CT molecular complexity index is 558. The van der Waals surface area contributed by atoms with Crippen molar-refractivity contribution in [1.29, 1.82) is 0 Å². The zero-order valence-corrected chi connectivity index (χ0v) is 14.6. The molecule has 2 unspecified atom stereocenters. The second-order valence-electron chi connectivity index (χ2n) is 8.90. The monoisotopic (exact) mass is 332 g/mol. The first-order valence-electron chi connectivity index (χ1n) is 9.50. The second kappa shape index (κ2) is 5.60. The fourth-order valence-corrected chi connectivity index (χ4v) is 6.08. The SMILES string of the molecule is C=C(C)C(=O)OC12CC3CC(C1)CC(OC(=O)C1CCCC1)(C3)C2. The van der Waals surface area contributed by atoms with E-state index in [4.69, 9.17) is 9.47 Å². The van der Waals surface area contributed by atoms with Crippen molar-refractivity contribution >= 4 is 11.9 Å². The minimum atomic E-state index is -0.434. The van der Waals surface area contributed by atoms with E-state index in [0.29, 0.717) is 23.8 Å². The molecule has 0 heterocycles. The first-order chi connectivity index (χ1) is 11.4. The number of rotatable bonds is 4. The summed E-state index contributed by atoms with van der Waals surface area (Å²) in [5.41, 5.74) is -0.377. The van der Waals surface area contributed by atoms with Crippen LogP contribution >= 0.6 is 0 Å². The molecule has 0 aromatic rings. The minimum Gasteiger partial charge on any atom is -0.459 e. The van der Waals surface area contributed by atoms with E-state index in [2.05, 4.69) is 6.58 Å². The highest BCUT2D eigenvalue weighted by Gasteiger charge is 2.61. The highest BCUT2D eigenvalue weighted by Crippen LogP contribution is 2.60. The van der Waals surface area contributed by atoms with Gasteiger partial charge in [-0.2, -0.15) is 0 Å². The Labute approximate surface area is 144 Å². The van der Waals surface area contributed by atoms with E-state index < -0.39 is 5.60 Å². The summed E-state index contributed by atoms with van der Waals surface area (Å²) in [7, 11) is 0. The van der Waals surface area contributed by atoms with Crippen LogP contribution in [0.25, 0.3) is 0 Å². The molecule has 0 saturated heterocycles. The summed E-state index contributed by atoms with van der Waals surface area (Å²) in [6.45, 7) is 5.40. The van der Waals surface area contributed by atoms with Crippen LogP contribution in [0.2, 0.25) is 0 Å². The highest BCUT2D eigenvalue weighted by molar-refractivity contribution is 5.87. The fraction of sp³-hybridized carbons (Fsp3) is 0.800. The second-order valence-corrected chi connectivity index (χ2v) is 8.90. The molecular formula is C20H28O4. The normalized spacial score (nSPS) is 40.5. The third-order valence-electron chi connectivity index (χ3n) is 6.62. The molecule has 5 rings (SSSR count). The zero-order valence-electron chi connectivity index (χ0n) is 14.6. The van der Waals surface area contributed by atoms with Crippen molar-refractivity contribution in [3.05, 3.63) is 12.2 Å². The lowest BCUT2D eigenvalue weighted by Gasteiger charge is -2.60. The van der Waals surface area contributed by atoms with E-state index in [9.17, 15) is 9.59 Å². The van der Waals surface area contributed by atoms with E-state index >= 15 is 0 Å². The fourth-order valence-electron chi connectivity index (χ4n) is 6.08. The van der Waals surface area contributed by atoms with Crippen LogP contribution in [0.4, 0.5) is 0 Å². The first-order valence-corrected chi connectivity index (χ1v) is 9.50. The van der Waals surface area contributed by atoms with Crippen molar-refractivity contribution in [2.75, 3.05) is 0 Å². The van der Waals surface area contributed by atoms with Crippen molar-refractivity contribution in [2.24, 2.45) is 17.8 Å². The van der Waals surface area contributed by atoms with Gasteiger partial charge in [0, 0.05) is 12.0 Å². The maximum Gasteiger partial charge on any atom is 0.333 e. The summed E-state index contributed by atoms with van der Waals surface area (Å²) < 4.78 is 12.1. The standard InChI is InChI=1S/C20H28O4/c1-13(2)17(21)23-19-8-14-7-15(9-19)11-20(10-14,12-19)24-18(22)16-5-3-4-6-16/h14-16H,1,3-12H2,2H3.